The number of esters is 1. The highest BCUT2D eigenvalue weighted by Crippen LogP contribution is 2.30. The highest BCUT2D eigenvalue weighted by Gasteiger charge is 2.21. The maximum Gasteiger partial charge on any atom is 0.338 e. The van der Waals surface area contributed by atoms with E-state index in [9.17, 15) is 9.59 Å². The van der Waals surface area contributed by atoms with Crippen molar-refractivity contribution in [2.24, 2.45) is 0 Å². The molecule has 3 aromatic rings. The van der Waals surface area contributed by atoms with Crippen molar-refractivity contribution in [3.8, 4) is 11.5 Å². The summed E-state index contributed by atoms with van der Waals surface area (Å²) >= 11 is 0. The van der Waals surface area contributed by atoms with Gasteiger partial charge in [0.05, 0.1) is 17.6 Å². The largest absolute Gasteiger partial charge is 0.486 e. The molecule has 9 nitrogen and oxygen atoms in total. The molecule has 1 atom stereocenters. The Kier molecular flexibility index (Phi) is 5.28. The fourth-order valence-electron chi connectivity index (χ4n) is 2.99. The van der Waals surface area contributed by atoms with Crippen LogP contribution in [0.3, 0.4) is 0 Å². The lowest BCUT2D eigenvalue weighted by molar-refractivity contribution is -0.124. The molecule has 0 fully saturated rings. The number of ether oxygens (including phenoxy) is 3. The van der Waals surface area contributed by atoms with Gasteiger partial charge in [0, 0.05) is 6.54 Å². The number of benzene rings is 2. The molecule has 2 aromatic carbocycles. The number of hydrogen-bond donors (Lipinski definition) is 1. The van der Waals surface area contributed by atoms with Gasteiger partial charge in [0.1, 0.15) is 18.2 Å². The lowest BCUT2D eigenvalue weighted by atomic mass is 10.2. The molecule has 0 bridgehead atoms. The van der Waals surface area contributed by atoms with Crippen molar-refractivity contribution >= 4 is 22.9 Å². The number of para-hydroxylation sites is 2. The second-order valence-corrected chi connectivity index (χ2v) is 6.49. The standard InChI is InChI=1S/C20H20N4O5/c1-2-24-16-8-7-13(9-15(16)22-23-24)20(26)28-12-19(25)21-10-14-11-27-17-5-3-4-6-18(17)29-14/h3-9,14H,2,10-12H2,1H3,(H,21,25)/t14-/m0/s1. The van der Waals surface area contributed by atoms with Crippen LogP contribution in [0.15, 0.2) is 42.5 Å². The third-order valence-electron chi connectivity index (χ3n) is 4.48. The molecule has 0 saturated heterocycles. The Morgan fingerprint density at radius 2 is 2.07 bits per heavy atom. The Balaban J connectivity index is 1.26. The summed E-state index contributed by atoms with van der Waals surface area (Å²) in [6.45, 7) is 2.83. The summed E-state index contributed by atoms with van der Waals surface area (Å²) in [5.41, 5.74) is 1.74. The number of carbonyl (C=O) groups excluding carboxylic acids is 2. The third kappa shape index (κ3) is 4.13. The molecule has 29 heavy (non-hydrogen) atoms. The zero-order valence-corrected chi connectivity index (χ0v) is 15.8. The average molecular weight is 396 g/mol. The fourth-order valence-corrected chi connectivity index (χ4v) is 2.99. The van der Waals surface area contributed by atoms with Gasteiger partial charge in [0.25, 0.3) is 5.91 Å². The van der Waals surface area contributed by atoms with Crippen molar-refractivity contribution in [1.82, 2.24) is 20.3 Å². The Morgan fingerprint density at radius 1 is 1.24 bits per heavy atom. The number of nitrogens with zero attached hydrogens (tertiary/aromatic N) is 3. The van der Waals surface area contributed by atoms with Gasteiger partial charge in [-0.2, -0.15) is 0 Å². The second kappa shape index (κ2) is 8.17. The number of aryl methyl sites for hydroxylation is 1. The first-order chi connectivity index (χ1) is 14.1. The smallest absolute Gasteiger partial charge is 0.338 e. The molecule has 0 aliphatic carbocycles. The van der Waals surface area contributed by atoms with Crippen molar-refractivity contribution in [2.75, 3.05) is 19.8 Å². The van der Waals surface area contributed by atoms with Gasteiger partial charge in [-0.15, -0.1) is 5.10 Å². The quantitative estimate of drug-likeness (QED) is 0.631. The maximum atomic E-state index is 12.2. The van der Waals surface area contributed by atoms with Crippen molar-refractivity contribution in [3.63, 3.8) is 0 Å². The summed E-state index contributed by atoms with van der Waals surface area (Å²) in [5, 5.41) is 10.7. The van der Waals surface area contributed by atoms with Gasteiger partial charge in [-0.05, 0) is 37.3 Å². The fraction of sp³-hybridized carbons (Fsp3) is 0.300. The zero-order chi connectivity index (χ0) is 20.2. The van der Waals surface area contributed by atoms with E-state index in [0.29, 0.717) is 35.7 Å². The average Bonchev–Trinajstić information content (AvgIpc) is 3.18. The van der Waals surface area contributed by atoms with E-state index < -0.39 is 11.9 Å². The molecular weight excluding hydrogens is 376 g/mol. The topological polar surface area (TPSA) is 105 Å². The van der Waals surface area contributed by atoms with Crippen LogP contribution in [0.25, 0.3) is 11.0 Å². The monoisotopic (exact) mass is 396 g/mol. The van der Waals surface area contributed by atoms with Gasteiger partial charge in [0.15, 0.2) is 18.1 Å². The first-order valence-electron chi connectivity index (χ1n) is 9.29. The minimum Gasteiger partial charge on any atom is -0.486 e. The van der Waals surface area contributed by atoms with E-state index in [2.05, 4.69) is 15.6 Å². The van der Waals surface area contributed by atoms with Crippen LogP contribution in [0.5, 0.6) is 11.5 Å². The van der Waals surface area contributed by atoms with Gasteiger partial charge < -0.3 is 19.5 Å². The SMILES string of the molecule is CCn1nnc2cc(C(=O)OCC(=O)NC[C@H]3COc4ccccc4O3)ccc21. The van der Waals surface area contributed by atoms with Crippen molar-refractivity contribution in [1.29, 1.82) is 0 Å². The number of aromatic nitrogens is 3. The molecule has 0 spiro atoms. The molecule has 1 amide bonds. The minimum absolute atomic E-state index is 0.247. The van der Waals surface area contributed by atoms with Crippen LogP contribution in [0.2, 0.25) is 0 Å². The molecule has 150 valence electrons. The third-order valence-corrected chi connectivity index (χ3v) is 4.48. The molecule has 0 radical (unpaired) electrons. The molecule has 4 rings (SSSR count). The molecule has 1 N–H and O–H groups in total. The van der Waals surface area contributed by atoms with Gasteiger partial charge in [-0.25, -0.2) is 9.48 Å². The number of rotatable bonds is 6. The Hall–Kier alpha value is -3.62. The lowest BCUT2D eigenvalue weighted by Gasteiger charge is -2.26. The van der Waals surface area contributed by atoms with Crippen LogP contribution in [0.4, 0.5) is 0 Å². The number of amides is 1. The summed E-state index contributed by atoms with van der Waals surface area (Å²) in [5.74, 6) is 0.304. The van der Waals surface area contributed by atoms with Crippen molar-refractivity contribution < 1.29 is 23.8 Å². The molecule has 0 saturated carbocycles. The molecule has 1 aliphatic rings. The van der Waals surface area contributed by atoms with E-state index >= 15 is 0 Å². The summed E-state index contributed by atoms with van der Waals surface area (Å²) < 4.78 is 18.2. The molecule has 1 aliphatic heterocycles. The number of nitrogens with one attached hydrogen (secondary N) is 1. The Morgan fingerprint density at radius 3 is 2.90 bits per heavy atom. The predicted molar refractivity (Wildman–Crippen MR) is 103 cm³/mol. The normalized spacial score (nSPS) is 15.1. The van der Waals surface area contributed by atoms with Crippen LogP contribution >= 0.6 is 0 Å². The van der Waals surface area contributed by atoms with E-state index in [1.807, 2.05) is 25.1 Å². The van der Waals surface area contributed by atoms with Gasteiger partial charge in [0.2, 0.25) is 0 Å². The molecular formula is C20H20N4O5. The van der Waals surface area contributed by atoms with Gasteiger partial charge >= 0.3 is 5.97 Å². The van der Waals surface area contributed by atoms with Crippen LogP contribution in [0, 0.1) is 0 Å². The van der Waals surface area contributed by atoms with Crippen LogP contribution in [-0.2, 0) is 16.1 Å². The lowest BCUT2D eigenvalue weighted by Crippen LogP contribution is -2.42. The van der Waals surface area contributed by atoms with Gasteiger partial charge in [-0.3, -0.25) is 4.79 Å². The summed E-state index contributed by atoms with van der Waals surface area (Å²) in [6.07, 6.45) is -0.312. The Bertz CT molecular complexity index is 1050. The first kappa shape index (κ1) is 18.7. The highest BCUT2D eigenvalue weighted by molar-refractivity contribution is 5.94. The predicted octanol–water partition coefficient (Wildman–Crippen LogP) is 1.56. The second-order valence-electron chi connectivity index (χ2n) is 6.49. The molecule has 9 heteroatoms. The van der Waals surface area contributed by atoms with E-state index in [4.69, 9.17) is 14.2 Å². The van der Waals surface area contributed by atoms with Crippen LogP contribution in [0.1, 0.15) is 17.3 Å². The molecule has 2 heterocycles. The van der Waals surface area contributed by atoms with Crippen LogP contribution in [-0.4, -0.2) is 52.7 Å². The molecule has 1 aromatic heterocycles. The first-order valence-corrected chi connectivity index (χ1v) is 9.29. The van der Waals surface area contributed by atoms with Gasteiger partial charge in [-0.1, -0.05) is 17.3 Å². The summed E-state index contributed by atoms with van der Waals surface area (Å²) in [4.78, 5) is 24.2. The number of carbonyl (C=O) groups is 2. The highest BCUT2D eigenvalue weighted by atomic mass is 16.6. The van der Waals surface area contributed by atoms with Crippen molar-refractivity contribution in [3.05, 3.63) is 48.0 Å². The van der Waals surface area contributed by atoms with E-state index in [1.54, 1.807) is 28.9 Å². The van der Waals surface area contributed by atoms with E-state index in [-0.39, 0.29) is 19.3 Å². The number of hydrogen-bond acceptors (Lipinski definition) is 7. The van der Waals surface area contributed by atoms with E-state index in [1.165, 1.54) is 0 Å². The zero-order valence-electron chi connectivity index (χ0n) is 15.8. The number of fused-ring (bicyclic) bond motifs is 2. The summed E-state index contributed by atoms with van der Waals surface area (Å²) in [7, 11) is 0. The molecule has 0 unspecified atom stereocenters. The van der Waals surface area contributed by atoms with Crippen LogP contribution < -0.4 is 14.8 Å². The Labute approximate surface area is 166 Å². The minimum atomic E-state index is -0.598. The van der Waals surface area contributed by atoms with E-state index in [0.717, 1.165) is 5.52 Å². The summed E-state index contributed by atoms with van der Waals surface area (Å²) in [6, 6.07) is 12.3. The maximum absolute atomic E-state index is 12.2. The van der Waals surface area contributed by atoms with Crippen molar-refractivity contribution in [2.45, 2.75) is 19.6 Å².